The molecule has 0 bridgehead atoms. The molecule has 0 radical (unpaired) electrons. The Labute approximate surface area is 146 Å². The molecule has 0 aromatic carbocycles. The molecule has 1 saturated carbocycles. The Morgan fingerprint density at radius 3 is 2.84 bits per heavy atom. The molecule has 0 amide bonds. The van der Waals surface area contributed by atoms with Crippen LogP contribution in [0.4, 0.5) is 5.82 Å². The van der Waals surface area contributed by atoms with Crippen LogP contribution >= 0.6 is 0 Å². The number of aryl methyl sites for hydroxylation is 1. The van der Waals surface area contributed by atoms with Crippen molar-refractivity contribution in [3.63, 3.8) is 0 Å². The lowest BCUT2D eigenvalue weighted by Gasteiger charge is -2.17. The van der Waals surface area contributed by atoms with Crippen LogP contribution in [0.15, 0.2) is 12.4 Å². The average Bonchev–Trinajstić information content (AvgIpc) is 3.24. The van der Waals surface area contributed by atoms with E-state index in [0.717, 1.165) is 19.3 Å². The highest BCUT2D eigenvalue weighted by Gasteiger charge is 2.26. The third-order valence-corrected chi connectivity index (χ3v) is 4.69. The van der Waals surface area contributed by atoms with Crippen LogP contribution in [-0.4, -0.2) is 50.4 Å². The van der Waals surface area contributed by atoms with E-state index in [2.05, 4.69) is 20.3 Å². The van der Waals surface area contributed by atoms with Crippen LogP contribution < -0.4 is 5.32 Å². The first-order valence-electron chi connectivity index (χ1n) is 8.35. The molecule has 8 heteroatoms. The fourth-order valence-corrected chi connectivity index (χ4v) is 3.20. The first-order chi connectivity index (χ1) is 12.0. The Hall–Kier alpha value is -2.48. The number of aliphatic hydroxyl groups is 1. The minimum atomic E-state index is -0.502. The van der Waals surface area contributed by atoms with Gasteiger partial charge in [0.1, 0.15) is 5.82 Å². The van der Waals surface area contributed by atoms with Crippen LogP contribution in [0.25, 0.3) is 11.6 Å². The van der Waals surface area contributed by atoms with Crippen LogP contribution in [0, 0.1) is 12.8 Å². The Bertz CT molecular complexity index is 774. The Morgan fingerprint density at radius 1 is 1.44 bits per heavy atom. The van der Waals surface area contributed by atoms with E-state index in [1.165, 1.54) is 7.11 Å². The molecular weight excluding hydrogens is 322 g/mol. The predicted molar refractivity (Wildman–Crippen MR) is 92.1 cm³/mol. The average molecular weight is 345 g/mol. The van der Waals surface area contributed by atoms with E-state index in [-0.39, 0.29) is 18.3 Å². The van der Waals surface area contributed by atoms with E-state index >= 15 is 0 Å². The van der Waals surface area contributed by atoms with Gasteiger partial charge in [0, 0.05) is 37.7 Å². The fraction of sp³-hybridized carbons (Fsp3) is 0.529. The second-order valence-corrected chi connectivity index (χ2v) is 6.43. The molecule has 0 unspecified atom stereocenters. The normalized spacial score (nSPS) is 19.8. The molecule has 2 heterocycles. The van der Waals surface area contributed by atoms with Crippen LogP contribution in [-0.2, 0) is 11.8 Å². The van der Waals surface area contributed by atoms with Crippen LogP contribution in [0.3, 0.4) is 0 Å². The molecule has 2 atom stereocenters. The summed E-state index contributed by atoms with van der Waals surface area (Å²) < 4.78 is 6.66. The van der Waals surface area contributed by atoms with Gasteiger partial charge in [0.05, 0.1) is 7.11 Å². The molecule has 1 aliphatic carbocycles. The number of anilines is 1. The molecule has 2 aromatic heterocycles. The molecule has 134 valence electrons. The van der Waals surface area contributed by atoms with Gasteiger partial charge >= 0.3 is 5.97 Å². The first kappa shape index (κ1) is 17.3. The summed E-state index contributed by atoms with van der Waals surface area (Å²) >= 11 is 0. The number of rotatable bonds is 5. The van der Waals surface area contributed by atoms with Crippen LogP contribution in [0.1, 0.15) is 35.3 Å². The van der Waals surface area contributed by atoms with Gasteiger partial charge < -0.3 is 19.7 Å². The number of imidazole rings is 1. The Kier molecular flexibility index (Phi) is 4.98. The fourth-order valence-electron chi connectivity index (χ4n) is 3.20. The van der Waals surface area contributed by atoms with Gasteiger partial charge in [-0.05, 0) is 32.1 Å². The van der Waals surface area contributed by atoms with Crippen molar-refractivity contribution in [3.05, 3.63) is 23.7 Å². The largest absolute Gasteiger partial charge is 0.464 e. The minimum Gasteiger partial charge on any atom is -0.464 e. The summed E-state index contributed by atoms with van der Waals surface area (Å²) in [4.78, 5) is 25.3. The number of esters is 1. The van der Waals surface area contributed by atoms with Crippen molar-refractivity contribution in [1.82, 2.24) is 19.5 Å². The van der Waals surface area contributed by atoms with E-state index in [0.29, 0.717) is 28.9 Å². The lowest BCUT2D eigenvalue weighted by molar-refractivity contribution is 0.0593. The number of hydrogen-bond donors (Lipinski definition) is 2. The van der Waals surface area contributed by atoms with Gasteiger partial charge in [0.2, 0.25) is 0 Å². The number of nitrogens with one attached hydrogen (secondary N) is 1. The third-order valence-electron chi connectivity index (χ3n) is 4.69. The molecule has 25 heavy (non-hydrogen) atoms. The zero-order valence-electron chi connectivity index (χ0n) is 14.7. The van der Waals surface area contributed by atoms with Gasteiger partial charge in [-0.2, -0.15) is 0 Å². The summed E-state index contributed by atoms with van der Waals surface area (Å²) in [6, 6.07) is 0.213. The number of ether oxygens (including phenoxy) is 1. The lowest BCUT2D eigenvalue weighted by atomic mass is 10.1. The van der Waals surface area contributed by atoms with Crippen molar-refractivity contribution in [2.45, 2.75) is 32.2 Å². The third kappa shape index (κ3) is 3.48. The van der Waals surface area contributed by atoms with E-state index in [9.17, 15) is 9.90 Å². The molecular formula is C17H23N5O3. The summed E-state index contributed by atoms with van der Waals surface area (Å²) in [5.41, 5.74) is 0.881. The van der Waals surface area contributed by atoms with Gasteiger partial charge in [0.25, 0.3) is 0 Å². The molecule has 8 nitrogen and oxygen atoms in total. The van der Waals surface area contributed by atoms with Gasteiger partial charge in [-0.15, -0.1) is 0 Å². The van der Waals surface area contributed by atoms with E-state index in [1.54, 1.807) is 23.9 Å². The van der Waals surface area contributed by atoms with E-state index in [1.807, 2.05) is 7.05 Å². The molecule has 3 rings (SSSR count). The SMILES string of the molecule is COC(=O)c1nc(-c2nccn2C)nc(N[C@@H]2CC[C@H](CO)C2)c1C. The van der Waals surface area contributed by atoms with Crippen molar-refractivity contribution in [1.29, 1.82) is 0 Å². The summed E-state index contributed by atoms with van der Waals surface area (Å²) in [6.45, 7) is 2.00. The Morgan fingerprint density at radius 2 is 2.24 bits per heavy atom. The van der Waals surface area contributed by atoms with Crippen molar-refractivity contribution in [2.24, 2.45) is 13.0 Å². The number of hydrogen-bond acceptors (Lipinski definition) is 7. The number of carbonyl (C=O) groups excluding carboxylic acids is 1. The maximum atomic E-state index is 12.1. The van der Waals surface area contributed by atoms with Gasteiger partial charge in [0.15, 0.2) is 17.3 Å². The second-order valence-electron chi connectivity index (χ2n) is 6.43. The molecule has 0 aliphatic heterocycles. The highest BCUT2D eigenvalue weighted by molar-refractivity contribution is 5.90. The summed E-state index contributed by atoms with van der Waals surface area (Å²) in [6.07, 6.45) is 6.28. The minimum absolute atomic E-state index is 0.201. The molecule has 1 aliphatic rings. The van der Waals surface area contributed by atoms with Crippen LogP contribution in [0.2, 0.25) is 0 Å². The summed E-state index contributed by atoms with van der Waals surface area (Å²) in [5, 5.41) is 12.7. The molecule has 0 spiro atoms. The maximum Gasteiger partial charge on any atom is 0.357 e. The van der Waals surface area contributed by atoms with Gasteiger partial charge in [-0.3, -0.25) is 0 Å². The zero-order chi connectivity index (χ0) is 18.0. The molecule has 1 fully saturated rings. The predicted octanol–water partition coefficient (Wildman–Crippen LogP) is 1.55. The van der Waals surface area contributed by atoms with Gasteiger partial charge in [-0.1, -0.05) is 0 Å². The standard InChI is InChI=1S/C17H23N5O3/c1-10-13(17(24)25-3)20-15(16-18-6-7-22(16)2)21-14(10)19-12-5-4-11(8-12)9-23/h6-7,11-12,23H,4-5,8-9H2,1-3H3,(H,19,20,21)/t11-,12+/m0/s1. The van der Waals surface area contributed by atoms with E-state index in [4.69, 9.17) is 4.74 Å². The van der Waals surface area contributed by atoms with Crippen molar-refractivity contribution >= 4 is 11.8 Å². The second kappa shape index (κ2) is 7.18. The lowest BCUT2D eigenvalue weighted by Crippen LogP contribution is -2.20. The highest BCUT2D eigenvalue weighted by atomic mass is 16.5. The topological polar surface area (TPSA) is 102 Å². The number of aromatic nitrogens is 4. The number of methoxy groups -OCH3 is 1. The number of aliphatic hydroxyl groups excluding tert-OH is 1. The Balaban J connectivity index is 1.98. The monoisotopic (exact) mass is 345 g/mol. The number of carbonyl (C=O) groups is 1. The first-order valence-corrected chi connectivity index (χ1v) is 8.35. The van der Waals surface area contributed by atoms with Crippen molar-refractivity contribution < 1.29 is 14.6 Å². The molecule has 0 saturated heterocycles. The molecule has 2 aromatic rings. The van der Waals surface area contributed by atoms with Crippen LogP contribution in [0.5, 0.6) is 0 Å². The highest BCUT2D eigenvalue weighted by Crippen LogP contribution is 2.29. The quantitative estimate of drug-likeness (QED) is 0.793. The van der Waals surface area contributed by atoms with Crippen molar-refractivity contribution in [2.75, 3.05) is 19.0 Å². The number of nitrogens with zero attached hydrogens (tertiary/aromatic N) is 4. The summed E-state index contributed by atoms with van der Waals surface area (Å²) in [7, 11) is 3.18. The smallest absolute Gasteiger partial charge is 0.357 e. The molecule has 2 N–H and O–H groups in total. The van der Waals surface area contributed by atoms with E-state index < -0.39 is 5.97 Å². The maximum absolute atomic E-state index is 12.1. The van der Waals surface area contributed by atoms with Crippen molar-refractivity contribution in [3.8, 4) is 11.6 Å². The summed E-state index contributed by atoms with van der Waals surface area (Å²) in [5.74, 6) is 1.37. The van der Waals surface area contributed by atoms with Gasteiger partial charge in [-0.25, -0.2) is 19.7 Å². The zero-order valence-corrected chi connectivity index (χ0v) is 14.7.